The molecule has 124 valence electrons. The van der Waals surface area contributed by atoms with Crippen LogP contribution in [0.4, 0.5) is 16.0 Å². The first kappa shape index (κ1) is 16.3. The van der Waals surface area contributed by atoms with Gasteiger partial charge < -0.3 is 15.8 Å². The molecule has 0 fully saturated rings. The molecule has 9 heteroatoms. The highest BCUT2D eigenvalue weighted by atomic mass is 32.1. The van der Waals surface area contributed by atoms with E-state index >= 15 is 0 Å². The molecule has 7 nitrogen and oxygen atoms in total. The lowest BCUT2D eigenvalue weighted by molar-refractivity contribution is 0.0526. The van der Waals surface area contributed by atoms with Crippen LogP contribution in [0.25, 0.3) is 9.88 Å². The number of carbonyl (C=O) groups excluding carboxylic acids is 1. The van der Waals surface area contributed by atoms with Gasteiger partial charge in [-0.05, 0) is 38.1 Å². The summed E-state index contributed by atoms with van der Waals surface area (Å²) < 4.78 is 4.96. The van der Waals surface area contributed by atoms with Gasteiger partial charge in [-0.2, -0.15) is 0 Å². The highest BCUT2D eigenvalue weighted by Crippen LogP contribution is 2.35. The molecule has 0 aliphatic carbocycles. The maximum Gasteiger partial charge on any atom is 0.338 e. The van der Waals surface area contributed by atoms with Crippen LogP contribution in [-0.2, 0) is 4.74 Å². The second-order valence-electron chi connectivity index (χ2n) is 4.80. The molecular weight excluding hydrogens is 346 g/mol. The van der Waals surface area contributed by atoms with Gasteiger partial charge in [0, 0.05) is 5.69 Å². The summed E-state index contributed by atoms with van der Waals surface area (Å²) in [7, 11) is 0. The summed E-state index contributed by atoms with van der Waals surface area (Å²) >= 11 is 2.81. The summed E-state index contributed by atoms with van der Waals surface area (Å²) in [6.07, 6.45) is 0. The summed E-state index contributed by atoms with van der Waals surface area (Å²) in [6, 6.07) is 7.00. The average Bonchev–Trinajstić information content (AvgIpc) is 3.14. The number of aryl methyl sites for hydroxylation is 1. The quantitative estimate of drug-likeness (QED) is 0.671. The fourth-order valence-corrected chi connectivity index (χ4v) is 3.73. The normalized spacial score (nSPS) is 10.6. The van der Waals surface area contributed by atoms with Crippen LogP contribution in [0.3, 0.4) is 0 Å². The van der Waals surface area contributed by atoms with Crippen LogP contribution in [0.2, 0.25) is 0 Å². The van der Waals surface area contributed by atoms with Gasteiger partial charge in [-0.25, -0.2) is 9.78 Å². The topological polar surface area (TPSA) is 103 Å². The molecule has 0 bridgehead atoms. The minimum Gasteiger partial charge on any atom is -0.462 e. The number of carbonyl (C=O) groups is 1. The molecule has 2 heterocycles. The number of thiazole rings is 1. The minimum atomic E-state index is -0.333. The Labute approximate surface area is 146 Å². The molecule has 0 saturated carbocycles. The van der Waals surface area contributed by atoms with Crippen molar-refractivity contribution in [3.63, 3.8) is 0 Å². The molecule has 0 spiro atoms. The highest BCUT2D eigenvalue weighted by molar-refractivity contribution is 7.25. The van der Waals surface area contributed by atoms with E-state index in [4.69, 9.17) is 10.5 Å². The summed E-state index contributed by atoms with van der Waals surface area (Å²) in [6.45, 7) is 4.03. The molecule has 1 aromatic carbocycles. The lowest BCUT2D eigenvalue weighted by Gasteiger charge is -2.04. The number of hydrogen-bond donors (Lipinski definition) is 2. The summed E-state index contributed by atoms with van der Waals surface area (Å²) in [5.41, 5.74) is 7.89. The number of hydrogen-bond acceptors (Lipinski definition) is 9. The van der Waals surface area contributed by atoms with Gasteiger partial charge >= 0.3 is 5.97 Å². The molecular formula is C15H15N5O2S2. The number of benzene rings is 1. The van der Waals surface area contributed by atoms with E-state index in [1.807, 2.05) is 6.92 Å². The third-order valence-electron chi connectivity index (χ3n) is 3.08. The molecule has 0 radical (unpaired) electrons. The van der Waals surface area contributed by atoms with Gasteiger partial charge in [-0.3, -0.25) is 0 Å². The van der Waals surface area contributed by atoms with Crippen LogP contribution >= 0.6 is 22.7 Å². The van der Waals surface area contributed by atoms with Crippen molar-refractivity contribution >= 4 is 44.6 Å². The van der Waals surface area contributed by atoms with Crippen molar-refractivity contribution in [2.24, 2.45) is 0 Å². The smallest absolute Gasteiger partial charge is 0.338 e. The van der Waals surface area contributed by atoms with E-state index in [0.29, 0.717) is 22.4 Å². The highest BCUT2D eigenvalue weighted by Gasteiger charge is 2.14. The third-order valence-corrected chi connectivity index (χ3v) is 5.06. The first-order valence-electron chi connectivity index (χ1n) is 7.17. The molecule has 0 atom stereocenters. The Bertz CT molecular complexity index is 857. The number of nitrogens with two attached hydrogens (primary N) is 1. The largest absolute Gasteiger partial charge is 0.462 e. The Hall–Kier alpha value is -2.52. The number of aromatic nitrogens is 3. The molecule has 0 amide bonds. The summed E-state index contributed by atoms with van der Waals surface area (Å²) in [4.78, 5) is 16.8. The summed E-state index contributed by atoms with van der Waals surface area (Å²) in [5, 5.41) is 13.4. The Kier molecular flexibility index (Phi) is 4.72. The van der Waals surface area contributed by atoms with Gasteiger partial charge in [-0.15, -0.1) is 10.2 Å². The van der Waals surface area contributed by atoms with E-state index in [2.05, 4.69) is 20.5 Å². The lowest BCUT2D eigenvalue weighted by atomic mass is 10.2. The molecule has 3 rings (SSSR count). The van der Waals surface area contributed by atoms with E-state index in [1.54, 1.807) is 31.2 Å². The number of esters is 1. The number of nitrogens with zero attached hydrogens (tertiary/aromatic N) is 3. The molecule has 0 saturated heterocycles. The van der Waals surface area contributed by atoms with Crippen LogP contribution in [0.1, 0.15) is 23.0 Å². The fraction of sp³-hybridized carbons (Fsp3) is 0.200. The van der Waals surface area contributed by atoms with Crippen LogP contribution < -0.4 is 11.1 Å². The van der Waals surface area contributed by atoms with Crippen molar-refractivity contribution in [2.45, 2.75) is 13.8 Å². The zero-order chi connectivity index (χ0) is 17.1. The predicted molar refractivity (Wildman–Crippen MR) is 95.8 cm³/mol. The Morgan fingerprint density at radius 2 is 2.00 bits per heavy atom. The molecule has 3 aromatic rings. The van der Waals surface area contributed by atoms with Crippen molar-refractivity contribution in [2.75, 3.05) is 17.7 Å². The Morgan fingerprint density at radius 1 is 1.25 bits per heavy atom. The van der Waals surface area contributed by atoms with Crippen LogP contribution in [0, 0.1) is 6.92 Å². The lowest BCUT2D eigenvalue weighted by Crippen LogP contribution is -2.04. The Morgan fingerprint density at radius 3 is 2.62 bits per heavy atom. The number of anilines is 3. The molecule has 0 unspecified atom stereocenters. The molecule has 3 N–H and O–H groups in total. The number of rotatable bonds is 5. The van der Waals surface area contributed by atoms with Crippen LogP contribution in [-0.4, -0.2) is 27.8 Å². The van der Waals surface area contributed by atoms with Gasteiger partial charge in [0.2, 0.25) is 5.13 Å². The first-order chi connectivity index (χ1) is 11.6. The number of ether oxygens (including phenoxy) is 1. The standard InChI is InChI=1S/C15H15N5O2S2/c1-3-22-13(21)9-4-6-10(7-5-9)18-15-20-19-12(24-15)11-8(2)17-14(16)23-11/h4-7H,3H2,1-2H3,(H2,16,17)(H,18,20). The van der Waals surface area contributed by atoms with Gasteiger partial charge in [0.15, 0.2) is 10.1 Å². The monoisotopic (exact) mass is 361 g/mol. The Balaban J connectivity index is 1.73. The van der Waals surface area contributed by atoms with Crippen LogP contribution in [0.5, 0.6) is 0 Å². The van der Waals surface area contributed by atoms with Crippen LogP contribution in [0.15, 0.2) is 24.3 Å². The number of nitrogens with one attached hydrogen (secondary N) is 1. The van der Waals surface area contributed by atoms with Crippen molar-refractivity contribution in [1.29, 1.82) is 0 Å². The maximum atomic E-state index is 11.6. The van der Waals surface area contributed by atoms with Gasteiger partial charge in [0.1, 0.15) is 0 Å². The van der Waals surface area contributed by atoms with Crippen molar-refractivity contribution < 1.29 is 9.53 Å². The van der Waals surface area contributed by atoms with E-state index in [9.17, 15) is 4.79 Å². The van der Waals surface area contributed by atoms with E-state index in [1.165, 1.54) is 22.7 Å². The fourth-order valence-electron chi connectivity index (χ4n) is 2.01. The molecule has 24 heavy (non-hydrogen) atoms. The van der Waals surface area contributed by atoms with Gasteiger partial charge in [0.25, 0.3) is 0 Å². The maximum absolute atomic E-state index is 11.6. The average molecular weight is 361 g/mol. The summed E-state index contributed by atoms with van der Waals surface area (Å²) in [5.74, 6) is -0.333. The van der Waals surface area contributed by atoms with E-state index in [0.717, 1.165) is 21.3 Å². The van der Waals surface area contributed by atoms with Crippen molar-refractivity contribution in [3.8, 4) is 9.88 Å². The van der Waals surface area contributed by atoms with E-state index in [-0.39, 0.29) is 5.97 Å². The van der Waals surface area contributed by atoms with Crippen molar-refractivity contribution in [1.82, 2.24) is 15.2 Å². The second kappa shape index (κ2) is 6.93. The van der Waals surface area contributed by atoms with E-state index < -0.39 is 0 Å². The first-order valence-corrected chi connectivity index (χ1v) is 8.81. The number of nitrogen functional groups attached to an aromatic ring is 1. The predicted octanol–water partition coefficient (Wildman–Crippen LogP) is 3.47. The molecule has 2 aromatic heterocycles. The third kappa shape index (κ3) is 3.52. The SMILES string of the molecule is CCOC(=O)c1ccc(Nc2nnc(-c3sc(N)nc3C)s2)cc1. The zero-order valence-corrected chi connectivity index (χ0v) is 14.7. The second-order valence-corrected chi connectivity index (χ2v) is 6.81. The zero-order valence-electron chi connectivity index (χ0n) is 13.1. The molecule has 0 aliphatic heterocycles. The molecule has 0 aliphatic rings. The van der Waals surface area contributed by atoms with Gasteiger partial charge in [0.05, 0.1) is 22.7 Å². The van der Waals surface area contributed by atoms with Crippen molar-refractivity contribution in [3.05, 3.63) is 35.5 Å². The van der Waals surface area contributed by atoms with Gasteiger partial charge in [-0.1, -0.05) is 22.7 Å². The minimum absolute atomic E-state index is 0.333.